The molecule has 0 fully saturated rings. The van der Waals surface area contributed by atoms with Crippen molar-refractivity contribution in [3.05, 3.63) is 24.3 Å². The fourth-order valence-corrected chi connectivity index (χ4v) is 1.81. The minimum absolute atomic E-state index is 0.636. The number of hydrogen-bond donors (Lipinski definition) is 0. The molecule has 0 bridgehead atoms. The number of halogens is 1. The first-order valence-electron chi connectivity index (χ1n) is 3.50. The molecule has 12 heavy (non-hydrogen) atoms. The Morgan fingerprint density at radius 2 is 2.17 bits per heavy atom. The van der Waals surface area contributed by atoms with Gasteiger partial charge in [-0.1, -0.05) is 12.1 Å². The zero-order chi connectivity index (χ0) is 8.55. The van der Waals surface area contributed by atoms with Gasteiger partial charge in [0, 0.05) is 0 Å². The zero-order valence-electron chi connectivity index (χ0n) is 6.49. The molecule has 3 nitrogen and oxygen atoms in total. The third-order valence-corrected chi connectivity index (χ3v) is 2.59. The van der Waals surface area contributed by atoms with E-state index in [1.807, 2.05) is 27.0 Å². The molecular weight excluding hydrogens is 267 g/mol. The molecule has 0 spiro atoms. The van der Waals surface area contributed by atoms with Gasteiger partial charge in [0.05, 0.1) is 41.0 Å². The van der Waals surface area contributed by atoms with E-state index in [0.717, 1.165) is 11.0 Å². The van der Waals surface area contributed by atoms with E-state index in [1.165, 1.54) is 0 Å². The highest BCUT2D eigenvalue weighted by Crippen LogP contribution is 2.22. The summed E-state index contributed by atoms with van der Waals surface area (Å²) in [5.74, 6) is 0. The van der Waals surface area contributed by atoms with Crippen LogP contribution < -0.4 is 4.74 Å². The molecule has 2 rings (SSSR count). The van der Waals surface area contributed by atoms with Gasteiger partial charge in [0.2, 0.25) is 0 Å². The molecule has 0 aliphatic heterocycles. The fourth-order valence-electron chi connectivity index (χ4n) is 1.10. The van der Waals surface area contributed by atoms with Crippen LogP contribution in [0.5, 0.6) is 6.01 Å². The first-order chi connectivity index (χ1) is 5.83. The summed E-state index contributed by atoms with van der Waals surface area (Å²) in [6.07, 6.45) is 0. The lowest BCUT2D eigenvalue weighted by Gasteiger charge is -1.95. The topological polar surface area (TPSA) is 27.1 Å². The lowest BCUT2D eigenvalue weighted by Crippen LogP contribution is -1.87. The van der Waals surface area contributed by atoms with E-state index in [-0.39, 0.29) is 0 Å². The van der Waals surface area contributed by atoms with Crippen LogP contribution in [0.25, 0.3) is 11.0 Å². The number of methoxy groups -OCH3 is 1. The van der Waals surface area contributed by atoms with Crippen LogP contribution in [0, 0.1) is 0 Å². The van der Waals surface area contributed by atoms with E-state index < -0.39 is 0 Å². The van der Waals surface area contributed by atoms with Gasteiger partial charge in [-0.2, -0.15) is 4.98 Å². The van der Waals surface area contributed by atoms with Crippen molar-refractivity contribution in [2.24, 2.45) is 0 Å². The molecular formula is C8H7IN2O. The SMILES string of the molecule is COc1nc2ccccc2n1I. The lowest BCUT2D eigenvalue weighted by molar-refractivity contribution is 0.384. The van der Waals surface area contributed by atoms with Gasteiger partial charge >= 0.3 is 6.01 Å². The van der Waals surface area contributed by atoms with Crippen LogP contribution in [-0.4, -0.2) is 14.9 Å². The Hall–Kier alpha value is -0.780. The normalized spacial score (nSPS) is 10.5. The molecule has 1 aromatic heterocycles. The van der Waals surface area contributed by atoms with Crippen molar-refractivity contribution >= 4 is 33.9 Å². The van der Waals surface area contributed by atoms with Gasteiger partial charge < -0.3 is 4.74 Å². The van der Waals surface area contributed by atoms with Gasteiger partial charge in [0.25, 0.3) is 0 Å². The van der Waals surface area contributed by atoms with Crippen LogP contribution >= 0.6 is 22.9 Å². The maximum absolute atomic E-state index is 5.07. The first kappa shape index (κ1) is 7.85. The highest BCUT2D eigenvalue weighted by molar-refractivity contribution is 14.1. The summed E-state index contributed by atoms with van der Waals surface area (Å²) in [5.41, 5.74) is 2.04. The average molecular weight is 274 g/mol. The second kappa shape index (κ2) is 2.93. The Kier molecular flexibility index (Phi) is 1.92. The number of nitrogens with zero attached hydrogens (tertiary/aromatic N) is 2. The van der Waals surface area contributed by atoms with Gasteiger partial charge in [0.1, 0.15) is 0 Å². The van der Waals surface area contributed by atoms with E-state index in [4.69, 9.17) is 4.74 Å². The van der Waals surface area contributed by atoms with E-state index in [2.05, 4.69) is 27.8 Å². The molecule has 0 saturated carbocycles. The summed E-state index contributed by atoms with van der Waals surface area (Å²) in [4.78, 5) is 4.26. The Bertz CT molecular complexity index is 410. The number of imidazole rings is 1. The summed E-state index contributed by atoms with van der Waals surface area (Å²) >= 11 is 2.16. The third-order valence-electron chi connectivity index (χ3n) is 1.66. The number of para-hydroxylation sites is 2. The minimum Gasteiger partial charge on any atom is -0.467 e. The maximum atomic E-state index is 5.07. The van der Waals surface area contributed by atoms with Crippen LogP contribution in [0.1, 0.15) is 0 Å². The molecule has 0 aliphatic carbocycles. The van der Waals surface area contributed by atoms with Crippen molar-refractivity contribution in [2.75, 3.05) is 7.11 Å². The van der Waals surface area contributed by atoms with Crippen LogP contribution in [0.4, 0.5) is 0 Å². The largest absolute Gasteiger partial charge is 0.467 e. The second-order valence-electron chi connectivity index (χ2n) is 2.37. The number of hydrogen-bond acceptors (Lipinski definition) is 2. The average Bonchev–Trinajstić information content (AvgIpc) is 2.44. The molecule has 0 radical (unpaired) electrons. The predicted molar refractivity (Wildman–Crippen MR) is 55.7 cm³/mol. The second-order valence-corrected chi connectivity index (χ2v) is 3.33. The van der Waals surface area contributed by atoms with E-state index >= 15 is 0 Å². The quantitative estimate of drug-likeness (QED) is 0.746. The molecule has 0 saturated heterocycles. The third kappa shape index (κ3) is 1.06. The van der Waals surface area contributed by atoms with Crippen molar-refractivity contribution < 1.29 is 4.74 Å². The summed E-state index contributed by atoms with van der Waals surface area (Å²) in [6.45, 7) is 0. The molecule has 1 heterocycles. The number of aromatic nitrogens is 2. The molecule has 0 unspecified atom stereocenters. The van der Waals surface area contributed by atoms with E-state index in [1.54, 1.807) is 7.11 Å². The standard InChI is InChI=1S/C8H7IN2O/c1-12-8-10-6-4-2-3-5-7(6)11(8)9/h2-5H,1H3. The summed E-state index contributed by atoms with van der Waals surface area (Å²) < 4.78 is 6.97. The predicted octanol–water partition coefficient (Wildman–Crippen LogP) is 2.24. The smallest absolute Gasteiger partial charge is 0.306 e. The Balaban J connectivity index is 2.78. The maximum Gasteiger partial charge on any atom is 0.306 e. The van der Waals surface area contributed by atoms with Crippen molar-refractivity contribution in [3.63, 3.8) is 0 Å². The minimum atomic E-state index is 0.636. The molecule has 0 amide bonds. The van der Waals surface area contributed by atoms with Crippen molar-refractivity contribution in [2.45, 2.75) is 0 Å². The highest BCUT2D eigenvalue weighted by Gasteiger charge is 2.06. The van der Waals surface area contributed by atoms with E-state index in [9.17, 15) is 0 Å². The number of ether oxygens (including phenoxy) is 1. The van der Waals surface area contributed by atoms with Crippen LogP contribution in [0.15, 0.2) is 24.3 Å². The van der Waals surface area contributed by atoms with Crippen LogP contribution in [0.2, 0.25) is 0 Å². The Morgan fingerprint density at radius 1 is 1.42 bits per heavy atom. The zero-order valence-corrected chi connectivity index (χ0v) is 8.65. The number of fused-ring (bicyclic) bond motifs is 1. The Morgan fingerprint density at radius 3 is 2.83 bits per heavy atom. The highest BCUT2D eigenvalue weighted by atomic mass is 127. The summed E-state index contributed by atoms with van der Waals surface area (Å²) in [6, 6.07) is 8.56. The van der Waals surface area contributed by atoms with E-state index in [0.29, 0.717) is 6.01 Å². The number of rotatable bonds is 1. The van der Waals surface area contributed by atoms with Gasteiger partial charge in [0.15, 0.2) is 0 Å². The first-order valence-corrected chi connectivity index (χ1v) is 4.47. The summed E-state index contributed by atoms with van der Waals surface area (Å²) in [5, 5.41) is 0. The molecule has 62 valence electrons. The molecule has 4 heteroatoms. The number of benzene rings is 1. The van der Waals surface area contributed by atoms with Gasteiger partial charge in [-0.25, -0.2) is 2.78 Å². The van der Waals surface area contributed by atoms with Gasteiger partial charge in [-0.15, -0.1) is 0 Å². The van der Waals surface area contributed by atoms with Crippen molar-refractivity contribution in [1.82, 2.24) is 7.76 Å². The monoisotopic (exact) mass is 274 g/mol. The van der Waals surface area contributed by atoms with Gasteiger partial charge in [-0.3, -0.25) is 0 Å². The van der Waals surface area contributed by atoms with Crippen LogP contribution in [0.3, 0.4) is 0 Å². The molecule has 0 atom stereocenters. The van der Waals surface area contributed by atoms with Crippen LogP contribution in [-0.2, 0) is 0 Å². The van der Waals surface area contributed by atoms with Crippen molar-refractivity contribution in [3.8, 4) is 6.01 Å². The molecule has 1 aromatic carbocycles. The van der Waals surface area contributed by atoms with Crippen molar-refractivity contribution in [1.29, 1.82) is 0 Å². The Labute approximate surface area is 83.8 Å². The fraction of sp³-hybridized carbons (Fsp3) is 0.125. The molecule has 2 aromatic rings. The van der Waals surface area contributed by atoms with Gasteiger partial charge in [-0.05, 0) is 12.1 Å². The molecule has 0 aliphatic rings. The molecule has 0 N–H and O–H groups in total. The summed E-state index contributed by atoms with van der Waals surface area (Å²) in [7, 11) is 1.62. The lowest BCUT2D eigenvalue weighted by atomic mass is 10.3.